The van der Waals surface area contributed by atoms with Gasteiger partial charge in [-0.15, -0.1) is 0 Å². The number of aromatic nitrogens is 2. The molecule has 0 atom stereocenters. The van der Waals surface area contributed by atoms with Crippen molar-refractivity contribution in [2.75, 3.05) is 38.0 Å². The summed E-state index contributed by atoms with van der Waals surface area (Å²) in [5.41, 5.74) is 4.01. The normalized spacial score (nSPS) is 16.0. The van der Waals surface area contributed by atoms with Gasteiger partial charge in [-0.3, -0.25) is 14.5 Å². The molecule has 5 rings (SSSR count). The van der Waals surface area contributed by atoms with E-state index in [0.29, 0.717) is 40.1 Å². The molecule has 7 heteroatoms. The first-order valence-corrected chi connectivity index (χ1v) is 9.80. The van der Waals surface area contributed by atoms with Crippen LogP contribution >= 0.6 is 0 Å². The third-order valence-corrected chi connectivity index (χ3v) is 5.48. The minimum atomic E-state index is -0.0810. The Kier molecular flexibility index (Phi) is 4.34. The van der Waals surface area contributed by atoms with Gasteiger partial charge in [0.2, 0.25) is 5.91 Å². The average molecular weight is 387 g/mol. The number of carbonyl (C=O) groups excluding carboxylic acids is 2. The number of fused-ring (bicyclic) bond motifs is 2. The number of amides is 1. The number of carbonyl (C=O) groups is 2. The van der Waals surface area contributed by atoms with Crippen LogP contribution < -0.4 is 10.6 Å². The Morgan fingerprint density at radius 1 is 1.07 bits per heavy atom. The fraction of sp³-hybridized carbons (Fsp3) is 0.273. The van der Waals surface area contributed by atoms with Crippen LogP contribution in [0.4, 0.5) is 5.69 Å². The largest absolute Gasteiger partial charge is 0.323 e. The SMILES string of the molecule is Cc1nc2c3c(ccc(NC(=O)CN4CCNCC4)c3n1)C(=O)c1ccccc1-2. The van der Waals surface area contributed by atoms with Crippen molar-refractivity contribution in [2.24, 2.45) is 0 Å². The number of piperazine rings is 1. The molecule has 1 aliphatic heterocycles. The van der Waals surface area contributed by atoms with E-state index < -0.39 is 0 Å². The molecule has 1 saturated heterocycles. The van der Waals surface area contributed by atoms with Gasteiger partial charge < -0.3 is 10.6 Å². The molecule has 3 aromatic rings. The quantitative estimate of drug-likeness (QED) is 0.559. The van der Waals surface area contributed by atoms with Gasteiger partial charge in [-0.05, 0) is 19.1 Å². The summed E-state index contributed by atoms with van der Waals surface area (Å²) in [5.74, 6) is 0.484. The predicted octanol–water partition coefficient (Wildman–Crippen LogP) is 1.99. The van der Waals surface area contributed by atoms with Gasteiger partial charge in [-0.1, -0.05) is 24.3 Å². The fourth-order valence-corrected chi connectivity index (χ4v) is 4.13. The highest BCUT2D eigenvalue weighted by Gasteiger charge is 2.28. The monoisotopic (exact) mass is 387 g/mol. The molecule has 146 valence electrons. The van der Waals surface area contributed by atoms with Gasteiger partial charge in [-0.25, -0.2) is 9.97 Å². The maximum absolute atomic E-state index is 13.0. The minimum Gasteiger partial charge on any atom is -0.323 e. The molecule has 1 aliphatic carbocycles. The Balaban J connectivity index is 1.57. The van der Waals surface area contributed by atoms with Crippen molar-refractivity contribution in [3.63, 3.8) is 0 Å². The Hall–Kier alpha value is -3.16. The number of rotatable bonds is 3. The second-order valence-electron chi connectivity index (χ2n) is 7.45. The predicted molar refractivity (Wildman–Crippen MR) is 111 cm³/mol. The maximum Gasteiger partial charge on any atom is 0.238 e. The zero-order valence-corrected chi connectivity index (χ0v) is 16.2. The Morgan fingerprint density at radius 2 is 1.83 bits per heavy atom. The standard InChI is InChI=1S/C22H21N5O2/c1-13-24-20-14-4-2-3-5-15(14)22(29)16-6-7-17(21(25-13)19(16)20)26-18(28)12-27-10-8-23-9-11-27/h2-7,23H,8-12H2,1H3,(H,26,28). The number of hydrogen-bond donors (Lipinski definition) is 2. The van der Waals surface area contributed by atoms with E-state index >= 15 is 0 Å². The average Bonchev–Trinajstić information content (AvgIpc) is 2.73. The van der Waals surface area contributed by atoms with Crippen molar-refractivity contribution in [1.29, 1.82) is 0 Å². The van der Waals surface area contributed by atoms with Crippen LogP contribution in [0.2, 0.25) is 0 Å². The van der Waals surface area contributed by atoms with E-state index in [1.165, 1.54) is 0 Å². The Labute approximate surface area is 168 Å². The molecule has 2 aromatic carbocycles. The van der Waals surface area contributed by atoms with E-state index in [-0.39, 0.29) is 11.7 Å². The second kappa shape index (κ2) is 7.02. The third kappa shape index (κ3) is 3.08. The number of hydrogen-bond acceptors (Lipinski definition) is 6. The highest BCUT2D eigenvalue weighted by Crippen LogP contribution is 2.39. The van der Waals surface area contributed by atoms with Crippen LogP contribution in [-0.2, 0) is 4.79 Å². The van der Waals surface area contributed by atoms with Gasteiger partial charge in [0.15, 0.2) is 5.78 Å². The molecule has 2 aliphatic rings. The van der Waals surface area contributed by atoms with Gasteiger partial charge in [0.25, 0.3) is 0 Å². The Bertz CT molecular complexity index is 1150. The highest BCUT2D eigenvalue weighted by atomic mass is 16.2. The summed E-state index contributed by atoms with van der Waals surface area (Å²) in [6.45, 7) is 5.65. The van der Waals surface area contributed by atoms with Gasteiger partial charge in [0, 0.05) is 48.3 Å². The summed E-state index contributed by atoms with van der Waals surface area (Å²) in [6.07, 6.45) is 0. The molecule has 2 heterocycles. The van der Waals surface area contributed by atoms with E-state index in [2.05, 4.69) is 25.5 Å². The molecule has 1 amide bonds. The smallest absolute Gasteiger partial charge is 0.238 e. The van der Waals surface area contributed by atoms with Gasteiger partial charge in [0.1, 0.15) is 5.82 Å². The number of ketones is 1. The number of nitrogens with zero attached hydrogens (tertiary/aromatic N) is 3. The lowest BCUT2D eigenvalue weighted by Gasteiger charge is -2.26. The summed E-state index contributed by atoms with van der Waals surface area (Å²) in [5, 5.41) is 6.99. The summed E-state index contributed by atoms with van der Waals surface area (Å²) in [4.78, 5) is 37.0. The van der Waals surface area contributed by atoms with Crippen LogP contribution in [0.15, 0.2) is 36.4 Å². The zero-order valence-electron chi connectivity index (χ0n) is 16.2. The first-order valence-electron chi connectivity index (χ1n) is 9.80. The lowest BCUT2D eigenvalue weighted by molar-refractivity contribution is -0.117. The molecule has 7 nitrogen and oxygen atoms in total. The van der Waals surface area contributed by atoms with Crippen molar-refractivity contribution in [1.82, 2.24) is 20.2 Å². The first kappa shape index (κ1) is 17.9. The highest BCUT2D eigenvalue weighted by molar-refractivity contribution is 6.26. The van der Waals surface area contributed by atoms with Crippen molar-refractivity contribution in [3.05, 3.63) is 53.3 Å². The van der Waals surface area contributed by atoms with Gasteiger partial charge in [0.05, 0.1) is 23.4 Å². The fourth-order valence-electron chi connectivity index (χ4n) is 4.13. The summed E-state index contributed by atoms with van der Waals surface area (Å²) < 4.78 is 0. The summed E-state index contributed by atoms with van der Waals surface area (Å²) in [6, 6.07) is 11.0. The third-order valence-electron chi connectivity index (χ3n) is 5.48. The number of aryl methyl sites for hydroxylation is 1. The summed E-state index contributed by atoms with van der Waals surface area (Å²) in [7, 11) is 0. The number of benzene rings is 2. The van der Waals surface area contributed by atoms with E-state index in [1.54, 1.807) is 12.1 Å². The molecular formula is C22H21N5O2. The van der Waals surface area contributed by atoms with Crippen molar-refractivity contribution in [3.8, 4) is 11.3 Å². The van der Waals surface area contributed by atoms with Gasteiger partial charge >= 0.3 is 0 Å². The summed E-state index contributed by atoms with van der Waals surface area (Å²) >= 11 is 0. The van der Waals surface area contributed by atoms with Crippen molar-refractivity contribution < 1.29 is 9.59 Å². The molecule has 0 saturated carbocycles. The van der Waals surface area contributed by atoms with Crippen LogP contribution in [0.3, 0.4) is 0 Å². The van der Waals surface area contributed by atoms with Crippen molar-refractivity contribution in [2.45, 2.75) is 6.92 Å². The molecule has 1 aromatic heterocycles. The Morgan fingerprint density at radius 3 is 2.62 bits per heavy atom. The molecule has 0 unspecified atom stereocenters. The second-order valence-corrected chi connectivity index (χ2v) is 7.45. The molecular weight excluding hydrogens is 366 g/mol. The van der Waals surface area contributed by atoms with Crippen LogP contribution in [0.25, 0.3) is 22.2 Å². The molecule has 0 radical (unpaired) electrons. The molecule has 2 N–H and O–H groups in total. The molecule has 1 fully saturated rings. The van der Waals surface area contributed by atoms with E-state index in [4.69, 9.17) is 0 Å². The van der Waals surface area contributed by atoms with Crippen LogP contribution in [-0.4, -0.2) is 59.3 Å². The lowest BCUT2D eigenvalue weighted by Crippen LogP contribution is -2.46. The maximum atomic E-state index is 13.0. The zero-order chi connectivity index (χ0) is 20.0. The first-order chi connectivity index (χ1) is 14.1. The lowest BCUT2D eigenvalue weighted by atomic mass is 9.86. The van der Waals surface area contributed by atoms with E-state index in [9.17, 15) is 9.59 Å². The topological polar surface area (TPSA) is 87.2 Å². The number of anilines is 1. The van der Waals surface area contributed by atoms with E-state index in [0.717, 1.165) is 37.4 Å². The van der Waals surface area contributed by atoms with Crippen LogP contribution in [0.5, 0.6) is 0 Å². The molecule has 0 bridgehead atoms. The molecule has 29 heavy (non-hydrogen) atoms. The van der Waals surface area contributed by atoms with Crippen molar-refractivity contribution >= 4 is 28.3 Å². The number of nitrogens with one attached hydrogen (secondary N) is 2. The van der Waals surface area contributed by atoms with Crippen LogP contribution in [0, 0.1) is 6.92 Å². The molecule has 0 spiro atoms. The van der Waals surface area contributed by atoms with E-state index in [1.807, 2.05) is 31.2 Å². The van der Waals surface area contributed by atoms with Crippen LogP contribution in [0.1, 0.15) is 21.7 Å². The van der Waals surface area contributed by atoms with Gasteiger partial charge in [-0.2, -0.15) is 0 Å². The minimum absolute atomic E-state index is 0.0377.